The van der Waals surface area contributed by atoms with Crippen molar-refractivity contribution in [1.82, 2.24) is 10.3 Å². The van der Waals surface area contributed by atoms with Crippen LogP contribution in [0.15, 0.2) is 18.3 Å². The van der Waals surface area contributed by atoms with E-state index in [1.54, 1.807) is 32.9 Å². The topological polar surface area (TPSA) is 94.4 Å². The molecule has 0 atom stereocenters. The van der Waals surface area contributed by atoms with Crippen LogP contribution in [0, 0.1) is 10.1 Å². The summed E-state index contributed by atoms with van der Waals surface area (Å²) >= 11 is 5.83. The van der Waals surface area contributed by atoms with Crippen LogP contribution >= 0.6 is 11.6 Å². The zero-order valence-electron chi connectivity index (χ0n) is 11.9. The molecule has 8 heteroatoms. The standard InChI is InChI=1S/C13H16ClN3O4/c1-13(2,3)21-12(18)15-6-4-5-9-7-10(17(19)20)8-16-11(9)14/h4-5,7-8H,6H2,1-3H3,(H,15,18). The summed E-state index contributed by atoms with van der Waals surface area (Å²) in [4.78, 5) is 25.2. The molecule has 0 aliphatic rings. The predicted octanol–water partition coefficient (Wildman–Crippen LogP) is 3.18. The average Bonchev–Trinajstić information content (AvgIpc) is 2.34. The van der Waals surface area contributed by atoms with E-state index in [-0.39, 0.29) is 17.4 Å². The second-order valence-electron chi connectivity index (χ2n) is 5.12. The molecule has 0 fully saturated rings. The molecule has 0 radical (unpaired) electrons. The van der Waals surface area contributed by atoms with Crippen LogP contribution < -0.4 is 5.32 Å². The van der Waals surface area contributed by atoms with Crippen LogP contribution in [0.1, 0.15) is 26.3 Å². The molecule has 1 N–H and O–H groups in total. The highest BCUT2D eigenvalue weighted by Crippen LogP contribution is 2.20. The van der Waals surface area contributed by atoms with E-state index in [1.165, 1.54) is 6.07 Å². The molecule has 0 unspecified atom stereocenters. The monoisotopic (exact) mass is 313 g/mol. The van der Waals surface area contributed by atoms with E-state index >= 15 is 0 Å². The van der Waals surface area contributed by atoms with Crippen molar-refractivity contribution in [2.24, 2.45) is 0 Å². The van der Waals surface area contributed by atoms with Crippen molar-refractivity contribution in [3.05, 3.63) is 39.2 Å². The van der Waals surface area contributed by atoms with Gasteiger partial charge in [0.15, 0.2) is 0 Å². The van der Waals surface area contributed by atoms with Crippen LogP contribution in [0.25, 0.3) is 6.08 Å². The molecule has 0 bridgehead atoms. The van der Waals surface area contributed by atoms with Gasteiger partial charge in [-0.2, -0.15) is 0 Å². The minimum atomic E-state index is -0.568. The van der Waals surface area contributed by atoms with E-state index in [9.17, 15) is 14.9 Å². The Morgan fingerprint density at radius 3 is 2.81 bits per heavy atom. The molecular weight excluding hydrogens is 298 g/mol. The average molecular weight is 314 g/mol. The van der Waals surface area contributed by atoms with Gasteiger partial charge in [0, 0.05) is 18.2 Å². The highest BCUT2D eigenvalue weighted by atomic mass is 35.5. The fourth-order valence-corrected chi connectivity index (χ4v) is 1.48. The Bertz CT molecular complexity index is 567. The molecule has 0 saturated carbocycles. The number of nitrogens with one attached hydrogen (secondary N) is 1. The Morgan fingerprint density at radius 2 is 2.24 bits per heavy atom. The first-order valence-electron chi connectivity index (χ1n) is 6.12. The van der Waals surface area contributed by atoms with Gasteiger partial charge in [-0.25, -0.2) is 9.78 Å². The molecule has 0 saturated heterocycles. The number of alkyl carbamates (subject to hydrolysis) is 1. The summed E-state index contributed by atoms with van der Waals surface area (Å²) in [6.07, 6.45) is 3.67. The summed E-state index contributed by atoms with van der Waals surface area (Å²) in [5.74, 6) is 0. The summed E-state index contributed by atoms with van der Waals surface area (Å²) in [7, 11) is 0. The van der Waals surface area contributed by atoms with Gasteiger partial charge in [0.1, 0.15) is 17.0 Å². The van der Waals surface area contributed by atoms with Gasteiger partial charge in [-0.1, -0.05) is 23.8 Å². The number of nitro groups is 1. The second-order valence-corrected chi connectivity index (χ2v) is 5.47. The first kappa shape index (κ1) is 16.9. The van der Waals surface area contributed by atoms with Gasteiger partial charge in [0.05, 0.1) is 4.92 Å². The van der Waals surface area contributed by atoms with Crippen molar-refractivity contribution in [3.8, 4) is 0 Å². The first-order chi connectivity index (χ1) is 9.69. The summed E-state index contributed by atoms with van der Waals surface area (Å²) in [5.41, 5.74) is -0.322. The summed E-state index contributed by atoms with van der Waals surface area (Å²) < 4.78 is 5.05. The van der Waals surface area contributed by atoms with Gasteiger partial charge in [-0.05, 0) is 20.8 Å². The smallest absolute Gasteiger partial charge is 0.407 e. The summed E-state index contributed by atoms with van der Waals surface area (Å²) in [5, 5.41) is 13.3. The molecule has 1 heterocycles. The zero-order valence-corrected chi connectivity index (χ0v) is 12.7. The normalized spacial score (nSPS) is 11.4. The Balaban J connectivity index is 2.60. The maximum absolute atomic E-state index is 11.4. The molecule has 0 aliphatic heterocycles. The number of carbonyl (C=O) groups excluding carboxylic acids is 1. The van der Waals surface area contributed by atoms with Crippen LogP contribution in [0.3, 0.4) is 0 Å². The van der Waals surface area contributed by atoms with Gasteiger partial charge in [-0.15, -0.1) is 0 Å². The fourth-order valence-electron chi connectivity index (χ4n) is 1.31. The fraction of sp³-hybridized carbons (Fsp3) is 0.385. The lowest BCUT2D eigenvalue weighted by atomic mass is 10.2. The third kappa shape index (κ3) is 6.22. The molecule has 1 rings (SSSR count). The molecular formula is C13H16ClN3O4. The SMILES string of the molecule is CC(C)(C)OC(=O)NCC=Cc1cc([N+](=O)[O-])cnc1Cl. The molecule has 1 aromatic heterocycles. The number of nitrogens with zero attached hydrogens (tertiary/aromatic N) is 2. The molecule has 0 aliphatic carbocycles. The van der Waals surface area contributed by atoms with Gasteiger partial charge in [0.2, 0.25) is 0 Å². The second kappa shape index (κ2) is 7.03. The van der Waals surface area contributed by atoms with Crippen LogP contribution in [0.2, 0.25) is 5.15 Å². The highest BCUT2D eigenvalue weighted by molar-refractivity contribution is 6.30. The number of hydrogen-bond donors (Lipinski definition) is 1. The van der Waals surface area contributed by atoms with Crippen molar-refractivity contribution in [2.45, 2.75) is 26.4 Å². The molecule has 7 nitrogen and oxygen atoms in total. The molecule has 1 amide bonds. The number of carbonyl (C=O) groups is 1. The summed E-state index contributed by atoms with van der Waals surface area (Å²) in [6.45, 7) is 5.48. The Morgan fingerprint density at radius 1 is 1.57 bits per heavy atom. The van der Waals surface area contributed by atoms with Crippen molar-refractivity contribution < 1.29 is 14.5 Å². The van der Waals surface area contributed by atoms with Gasteiger partial charge >= 0.3 is 6.09 Å². The molecule has 0 spiro atoms. The molecule has 21 heavy (non-hydrogen) atoms. The van der Waals surface area contributed by atoms with E-state index in [2.05, 4.69) is 10.3 Å². The first-order valence-corrected chi connectivity index (χ1v) is 6.50. The van der Waals surface area contributed by atoms with E-state index in [4.69, 9.17) is 16.3 Å². The molecule has 0 aromatic carbocycles. The highest BCUT2D eigenvalue weighted by Gasteiger charge is 2.15. The van der Waals surface area contributed by atoms with Gasteiger partial charge < -0.3 is 10.1 Å². The number of amides is 1. The Hall–Kier alpha value is -2.15. The number of rotatable bonds is 4. The lowest BCUT2D eigenvalue weighted by Crippen LogP contribution is -2.32. The number of halogens is 1. The molecule has 1 aromatic rings. The van der Waals surface area contributed by atoms with E-state index in [1.807, 2.05) is 0 Å². The number of aromatic nitrogens is 1. The van der Waals surface area contributed by atoms with E-state index in [0.717, 1.165) is 6.20 Å². The van der Waals surface area contributed by atoms with E-state index in [0.29, 0.717) is 5.56 Å². The van der Waals surface area contributed by atoms with Crippen LogP contribution in [0.5, 0.6) is 0 Å². The number of hydrogen-bond acceptors (Lipinski definition) is 5. The van der Waals surface area contributed by atoms with Crippen molar-refractivity contribution in [3.63, 3.8) is 0 Å². The third-order valence-electron chi connectivity index (χ3n) is 2.12. The van der Waals surface area contributed by atoms with Crippen molar-refractivity contribution in [1.29, 1.82) is 0 Å². The minimum Gasteiger partial charge on any atom is -0.444 e. The van der Waals surface area contributed by atoms with Crippen molar-refractivity contribution in [2.75, 3.05) is 6.54 Å². The van der Waals surface area contributed by atoms with Crippen LogP contribution in [0.4, 0.5) is 10.5 Å². The van der Waals surface area contributed by atoms with E-state index < -0.39 is 16.6 Å². The Kier molecular flexibility index (Phi) is 5.66. The zero-order chi connectivity index (χ0) is 16.0. The number of pyridine rings is 1. The maximum atomic E-state index is 11.4. The predicted molar refractivity (Wildman–Crippen MR) is 79.2 cm³/mol. The number of ether oxygens (including phenoxy) is 1. The summed E-state index contributed by atoms with van der Waals surface area (Å²) in [6, 6.07) is 1.30. The largest absolute Gasteiger partial charge is 0.444 e. The quantitative estimate of drug-likeness (QED) is 0.523. The van der Waals surface area contributed by atoms with Crippen LogP contribution in [-0.4, -0.2) is 28.1 Å². The van der Waals surface area contributed by atoms with Crippen LogP contribution in [-0.2, 0) is 4.74 Å². The molecule has 114 valence electrons. The third-order valence-corrected chi connectivity index (χ3v) is 2.44. The minimum absolute atomic E-state index is 0.147. The van der Waals surface area contributed by atoms with Gasteiger partial charge in [0.25, 0.3) is 5.69 Å². The van der Waals surface area contributed by atoms with Crippen molar-refractivity contribution >= 4 is 29.5 Å². The lowest BCUT2D eigenvalue weighted by Gasteiger charge is -2.19. The maximum Gasteiger partial charge on any atom is 0.407 e. The Labute approximate surface area is 127 Å². The van der Waals surface area contributed by atoms with Gasteiger partial charge in [-0.3, -0.25) is 10.1 Å². The lowest BCUT2D eigenvalue weighted by molar-refractivity contribution is -0.385.